The Morgan fingerprint density at radius 3 is 2.55 bits per heavy atom. The molecule has 0 spiro atoms. The molecule has 5 heteroatoms. The molecule has 0 saturated carbocycles. The minimum Gasteiger partial charge on any atom is -0.486 e. The summed E-state index contributed by atoms with van der Waals surface area (Å²) in [6.45, 7) is 3.67. The van der Waals surface area contributed by atoms with Crippen LogP contribution in [0.5, 0.6) is 5.75 Å². The van der Waals surface area contributed by atoms with Crippen LogP contribution in [-0.2, 0) is 11.3 Å². The van der Waals surface area contributed by atoms with Crippen LogP contribution in [0.1, 0.15) is 53.8 Å². The summed E-state index contributed by atoms with van der Waals surface area (Å²) in [5.41, 5.74) is 1.72. The van der Waals surface area contributed by atoms with Crippen molar-refractivity contribution in [1.82, 2.24) is 9.88 Å². The number of rotatable bonds is 6. The summed E-state index contributed by atoms with van der Waals surface area (Å²) in [4.78, 5) is 19.0. The molecule has 0 atom stereocenters. The smallest absolute Gasteiger partial charge is 0.360 e. The van der Waals surface area contributed by atoms with Crippen LogP contribution in [-0.4, -0.2) is 42.6 Å². The van der Waals surface area contributed by atoms with Gasteiger partial charge in [0.25, 0.3) is 0 Å². The van der Waals surface area contributed by atoms with Crippen molar-refractivity contribution in [2.75, 3.05) is 26.7 Å². The van der Waals surface area contributed by atoms with E-state index in [1.165, 1.54) is 45.9 Å². The minimum absolute atomic E-state index is 0.155. The van der Waals surface area contributed by atoms with E-state index in [9.17, 15) is 4.79 Å². The number of esters is 1. The first-order chi connectivity index (χ1) is 14.3. The van der Waals surface area contributed by atoms with Crippen LogP contribution in [0.3, 0.4) is 0 Å². The summed E-state index contributed by atoms with van der Waals surface area (Å²) in [5.74, 6) is 6.13. The van der Waals surface area contributed by atoms with Crippen LogP contribution in [0.25, 0.3) is 0 Å². The summed E-state index contributed by atoms with van der Waals surface area (Å²) in [5, 5.41) is 0. The van der Waals surface area contributed by atoms with Crippen molar-refractivity contribution in [2.24, 2.45) is 0 Å². The van der Waals surface area contributed by atoms with Gasteiger partial charge in [0.2, 0.25) is 0 Å². The molecule has 2 aromatic rings. The Labute approximate surface area is 173 Å². The van der Waals surface area contributed by atoms with Gasteiger partial charge >= 0.3 is 5.97 Å². The second-order valence-corrected chi connectivity index (χ2v) is 7.12. The average Bonchev–Trinajstić information content (AvgIpc) is 3.04. The number of hydrogen-bond donors (Lipinski definition) is 0. The lowest BCUT2D eigenvalue weighted by atomic mass is 10.2. The molecule has 2 heterocycles. The maximum absolute atomic E-state index is 12.1. The van der Waals surface area contributed by atoms with Crippen LogP contribution in [0.2, 0.25) is 0 Å². The van der Waals surface area contributed by atoms with E-state index in [-0.39, 0.29) is 5.69 Å². The van der Waals surface area contributed by atoms with Crippen LogP contribution in [0.4, 0.5) is 0 Å². The van der Waals surface area contributed by atoms with Gasteiger partial charge in [-0.05, 0) is 49.5 Å². The molecule has 1 fully saturated rings. The third kappa shape index (κ3) is 6.62. The van der Waals surface area contributed by atoms with Crippen molar-refractivity contribution in [2.45, 2.75) is 38.7 Å². The number of likely N-dealkylation sites (tertiary alicyclic amines) is 1. The third-order valence-corrected chi connectivity index (χ3v) is 4.94. The highest BCUT2D eigenvalue weighted by atomic mass is 16.5. The number of aromatic nitrogens is 1. The lowest BCUT2D eigenvalue weighted by Crippen LogP contribution is -2.25. The zero-order valence-corrected chi connectivity index (χ0v) is 17.0. The maximum atomic E-state index is 12.1. The Morgan fingerprint density at radius 1 is 1.07 bits per heavy atom. The molecule has 0 N–H and O–H groups in total. The normalized spacial score (nSPS) is 14.4. The van der Waals surface area contributed by atoms with Crippen molar-refractivity contribution in [3.05, 3.63) is 59.4 Å². The quantitative estimate of drug-likeness (QED) is 0.548. The van der Waals surface area contributed by atoms with E-state index >= 15 is 0 Å². The fourth-order valence-corrected chi connectivity index (χ4v) is 3.34. The molecule has 152 valence electrons. The lowest BCUT2D eigenvalue weighted by molar-refractivity contribution is 0.0588. The molecule has 29 heavy (non-hydrogen) atoms. The number of nitrogens with zero attached hydrogens (tertiary/aromatic N) is 2. The van der Waals surface area contributed by atoms with Crippen LogP contribution < -0.4 is 4.74 Å². The van der Waals surface area contributed by atoms with E-state index in [0.717, 1.165) is 18.5 Å². The largest absolute Gasteiger partial charge is 0.486 e. The molecule has 0 radical (unpaired) electrons. The number of pyridine rings is 1. The van der Waals surface area contributed by atoms with Crippen LogP contribution in [0, 0.1) is 11.8 Å². The van der Waals surface area contributed by atoms with Gasteiger partial charge in [-0.2, -0.15) is 0 Å². The molecular formula is C24H28N2O3. The molecular weight excluding hydrogens is 364 g/mol. The number of methoxy groups -OCH3 is 1. The van der Waals surface area contributed by atoms with Gasteiger partial charge in [-0.15, -0.1) is 0 Å². The van der Waals surface area contributed by atoms with E-state index in [1.807, 2.05) is 30.3 Å². The zero-order valence-electron chi connectivity index (χ0n) is 17.0. The van der Waals surface area contributed by atoms with Crippen molar-refractivity contribution in [3.63, 3.8) is 0 Å². The molecule has 0 unspecified atom stereocenters. The van der Waals surface area contributed by atoms with E-state index in [0.29, 0.717) is 18.1 Å². The fourth-order valence-electron chi connectivity index (χ4n) is 3.34. The van der Waals surface area contributed by atoms with Gasteiger partial charge < -0.3 is 14.4 Å². The number of carbonyl (C=O) groups excluding carboxylic acids is 1. The first-order valence-corrected chi connectivity index (χ1v) is 10.2. The number of carbonyl (C=O) groups is 1. The predicted molar refractivity (Wildman–Crippen MR) is 113 cm³/mol. The highest BCUT2D eigenvalue weighted by Crippen LogP contribution is 2.19. The number of hydrogen-bond acceptors (Lipinski definition) is 5. The molecule has 1 aliphatic heterocycles. The molecule has 0 bridgehead atoms. The third-order valence-electron chi connectivity index (χ3n) is 4.94. The molecule has 5 nitrogen and oxygen atoms in total. The first kappa shape index (κ1) is 20.9. The zero-order chi connectivity index (χ0) is 20.3. The Hall–Kier alpha value is -2.84. The Kier molecular flexibility index (Phi) is 8.09. The van der Waals surface area contributed by atoms with Crippen molar-refractivity contribution >= 4 is 5.97 Å². The first-order valence-electron chi connectivity index (χ1n) is 10.2. The molecule has 1 aromatic heterocycles. The minimum atomic E-state index is -0.527. The van der Waals surface area contributed by atoms with Crippen LogP contribution in [0.15, 0.2) is 42.5 Å². The predicted octanol–water partition coefficient (Wildman–Crippen LogP) is 4.06. The Morgan fingerprint density at radius 2 is 1.83 bits per heavy atom. The van der Waals surface area contributed by atoms with Gasteiger partial charge in [0.1, 0.15) is 12.3 Å². The SMILES string of the molecule is COC(=O)c1nc(C#CCCN2CCCCCC2)ccc1OCc1ccccc1. The van der Waals surface area contributed by atoms with Gasteiger partial charge in [-0.3, -0.25) is 0 Å². The van der Waals surface area contributed by atoms with E-state index in [2.05, 4.69) is 21.7 Å². The summed E-state index contributed by atoms with van der Waals surface area (Å²) < 4.78 is 10.7. The topological polar surface area (TPSA) is 51.7 Å². The summed E-state index contributed by atoms with van der Waals surface area (Å²) >= 11 is 0. The highest BCUT2D eigenvalue weighted by Gasteiger charge is 2.16. The monoisotopic (exact) mass is 392 g/mol. The number of ether oxygens (including phenoxy) is 2. The Balaban J connectivity index is 1.63. The molecule has 1 aromatic carbocycles. The van der Waals surface area contributed by atoms with E-state index in [1.54, 1.807) is 12.1 Å². The molecule has 0 aliphatic carbocycles. The molecule has 0 amide bonds. The summed E-state index contributed by atoms with van der Waals surface area (Å²) in [7, 11) is 1.34. The average molecular weight is 392 g/mol. The van der Waals surface area contributed by atoms with Crippen molar-refractivity contribution in [3.8, 4) is 17.6 Å². The fraction of sp³-hybridized carbons (Fsp3) is 0.417. The van der Waals surface area contributed by atoms with Gasteiger partial charge in [-0.25, -0.2) is 9.78 Å². The summed E-state index contributed by atoms with van der Waals surface area (Å²) in [6.07, 6.45) is 6.02. The molecule has 3 rings (SSSR count). The van der Waals surface area contributed by atoms with E-state index in [4.69, 9.17) is 9.47 Å². The second-order valence-electron chi connectivity index (χ2n) is 7.12. The standard InChI is InChI=1S/C24H28N2O3/c1-28-24(27)23-22(29-19-20-11-5-4-6-12-20)15-14-21(25-23)13-7-10-18-26-16-8-2-3-9-17-26/h4-6,11-12,14-15H,2-3,8-10,16-19H2,1H3. The van der Waals surface area contributed by atoms with Gasteiger partial charge in [0.05, 0.1) is 7.11 Å². The Bertz CT molecular complexity index is 847. The van der Waals surface area contributed by atoms with Gasteiger partial charge in [-0.1, -0.05) is 49.1 Å². The number of benzene rings is 1. The maximum Gasteiger partial charge on any atom is 0.360 e. The second kappa shape index (κ2) is 11.2. The van der Waals surface area contributed by atoms with Crippen molar-refractivity contribution < 1.29 is 14.3 Å². The van der Waals surface area contributed by atoms with Crippen molar-refractivity contribution in [1.29, 1.82) is 0 Å². The van der Waals surface area contributed by atoms with Gasteiger partial charge in [0, 0.05) is 13.0 Å². The lowest BCUT2D eigenvalue weighted by Gasteiger charge is -2.17. The highest BCUT2D eigenvalue weighted by molar-refractivity contribution is 5.90. The molecule has 1 saturated heterocycles. The van der Waals surface area contributed by atoms with E-state index < -0.39 is 5.97 Å². The van der Waals surface area contributed by atoms with Gasteiger partial charge in [0.15, 0.2) is 11.4 Å². The summed E-state index contributed by atoms with van der Waals surface area (Å²) in [6, 6.07) is 13.3. The van der Waals surface area contributed by atoms with Crippen LogP contribution >= 0.6 is 0 Å². The molecule has 1 aliphatic rings.